The molecule has 1 aliphatic carbocycles. The minimum atomic E-state index is -3.01. The van der Waals surface area contributed by atoms with Gasteiger partial charge in [0.05, 0.1) is 11.5 Å². The van der Waals surface area contributed by atoms with Gasteiger partial charge >= 0.3 is 5.97 Å². The van der Waals surface area contributed by atoms with Gasteiger partial charge in [-0.25, -0.2) is 13.2 Å². The number of aliphatic carboxylic acids is 1. The van der Waals surface area contributed by atoms with Crippen LogP contribution in [-0.4, -0.2) is 42.4 Å². The molecule has 0 bridgehead atoms. The van der Waals surface area contributed by atoms with E-state index in [-0.39, 0.29) is 29.8 Å². The van der Waals surface area contributed by atoms with Crippen molar-refractivity contribution in [1.82, 2.24) is 5.32 Å². The zero-order valence-electron chi connectivity index (χ0n) is 13.0. The molecule has 2 fully saturated rings. The van der Waals surface area contributed by atoms with E-state index in [1.54, 1.807) is 0 Å². The summed E-state index contributed by atoms with van der Waals surface area (Å²) < 4.78 is 22.9. The molecule has 2 aliphatic rings. The third-order valence-corrected chi connectivity index (χ3v) is 6.96. The van der Waals surface area contributed by atoms with E-state index >= 15 is 0 Å². The molecule has 1 saturated carbocycles. The quantitative estimate of drug-likeness (QED) is 0.792. The summed E-state index contributed by atoms with van der Waals surface area (Å²) in [7, 11) is -3.01. The highest BCUT2D eigenvalue weighted by atomic mass is 32.2. The van der Waals surface area contributed by atoms with Gasteiger partial charge in [-0.2, -0.15) is 0 Å². The monoisotopic (exact) mass is 331 g/mol. The fraction of sp³-hybridized carbons (Fsp3) is 0.867. The van der Waals surface area contributed by atoms with Gasteiger partial charge in [0, 0.05) is 6.42 Å². The van der Waals surface area contributed by atoms with E-state index in [0.717, 1.165) is 19.3 Å². The van der Waals surface area contributed by atoms with Gasteiger partial charge in [0.25, 0.3) is 0 Å². The minimum Gasteiger partial charge on any atom is -0.480 e. The van der Waals surface area contributed by atoms with Crippen LogP contribution >= 0.6 is 0 Å². The zero-order valence-corrected chi connectivity index (χ0v) is 13.8. The van der Waals surface area contributed by atoms with Crippen LogP contribution in [0.25, 0.3) is 0 Å². The maximum absolute atomic E-state index is 12.2. The lowest BCUT2D eigenvalue weighted by molar-refractivity contribution is -0.150. The number of hydrogen-bond acceptors (Lipinski definition) is 4. The molecule has 1 unspecified atom stereocenters. The summed E-state index contributed by atoms with van der Waals surface area (Å²) in [5.41, 5.74) is -1.17. The number of sulfone groups is 1. The molecule has 126 valence electrons. The summed E-state index contributed by atoms with van der Waals surface area (Å²) in [4.78, 5) is 23.8. The number of rotatable bonds is 5. The van der Waals surface area contributed by atoms with Crippen LogP contribution in [0.4, 0.5) is 0 Å². The largest absolute Gasteiger partial charge is 0.480 e. The smallest absolute Gasteiger partial charge is 0.329 e. The van der Waals surface area contributed by atoms with E-state index in [1.165, 1.54) is 0 Å². The molecule has 7 heteroatoms. The van der Waals surface area contributed by atoms with E-state index in [1.807, 2.05) is 0 Å². The number of carbonyl (C=O) groups excluding carboxylic acids is 1. The van der Waals surface area contributed by atoms with Crippen molar-refractivity contribution in [2.24, 2.45) is 11.8 Å². The van der Waals surface area contributed by atoms with Crippen molar-refractivity contribution < 1.29 is 23.1 Å². The third kappa shape index (κ3) is 4.00. The molecule has 0 aromatic heterocycles. The van der Waals surface area contributed by atoms with E-state index in [2.05, 4.69) is 12.2 Å². The normalized spacial score (nSPS) is 34.2. The van der Waals surface area contributed by atoms with Gasteiger partial charge in [-0.1, -0.05) is 13.3 Å². The predicted octanol–water partition coefficient (Wildman–Crippen LogP) is 1.35. The average molecular weight is 331 g/mol. The molecule has 0 aromatic carbocycles. The Morgan fingerprint density at radius 2 is 1.82 bits per heavy atom. The fourth-order valence-electron chi connectivity index (χ4n) is 3.58. The Hall–Kier alpha value is -1.11. The highest BCUT2D eigenvalue weighted by molar-refractivity contribution is 7.91. The Labute approximate surface area is 131 Å². The molecule has 22 heavy (non-hydrogen) atoms. The molecule has 1 heterocycles. The lowest BCUT2D eigenvalue weighted by Gasteiger charge is -2.37. The van der Waals surface area contributed by atoms with E-state index < -0.39 is 21.3 Å². The first-order valence-electron chi connectivity index (χ1n) is 8.01. The van der Waals surface area contributed by atoms with Crippen LogP contribution in [0, 0.1) is 11.8 Å². The van der Waals surface area contributed by atoms with Gasteiger partial charge in [-0.05, 0) is 43.9 Å². The van der Waals surface area contributed by atoms with Gasteiger partial charge in [0.1, 0.15) is 5.54 Å². The van der Waals surface area contributed by atoms with E-state index in [4.69, 9.17) is 0 Å². The second-order valence-corrected chi connectivity index (χ2v) is 8.99. The third-order valence-electron chi connectivity index (χ3n) is 5.12. The fourth-order valence-corrected chi connectivity index (χ4v) is 5.45. The van der Waals surface area contributed by atoms with Crippen LogP contribution in [0.5, 0.6) is 0 Å². The molecular formula is C15H25NO5S. The molecule has 0 spiro atoms. The first kappa shape index (κ1) is 17.2. The molecule has 2 rings (SSSR count). The molecule has 1 amide bonds. The first-order valence-corrected chi connectivity index (χ1v) is 9.83. The summed E-state index contributed by atoms with van der Waals surface area (Å²) in [6.45, 7) is 2.09. The Bertz CT molecular complexity index is 534. The van der Waals surface area contributed by atoms with E-state index in [0.29, 0.717) is 25.2 Å². The molecule has 6 nitrogen and oxygen atoms in total. The molecule has 2 N–H and O–H groups in total. The highest BCUT2D eigenvalue weighted by Gasteiger charge is 2.43. The van der Waals surface area contributed by atoms with Crippen LogP contribution in [0.1, 0.15) is 51.9 Å². The van der Waals surface area contributed by atoms with Crippen LogP contribution in [-0.2, 0) is 19.4 Å². The van der Waals surface area contributed by atoms with Gasteiger partial charge in [0.15, 0.2) is 9.84 Å². The van der Waals surface area contributed by atoms with Crippen molar-refractivity contribution in [1.29, 1.82) is 0 Å². The van der Waals surface area contributed by atoms with Crippen LogP contribution in [0.15, 0.2) is 0 Å². The summed E-state index contributed by atoms with van der Waals surface area (Å²) in [6, 6.07) is 0. The zero-order chi connectivity index (χ0) is 16.4. The average Bonchev–Trinajstić information content (AvgIpc) is 2.78. The number of amides is 1. The lowest BCUT2D eigenvalue weighted by Crippen LogP contribution is -2.56. The van der Waals surface area contributed by atoms with Gasteiger partial charge in [-0.15, -0.1) is 0 Å². The second-order valence-electron chi connectivity index (χ2n) is 6.76. The first-order chi connectivity index (χ1) is 10.3. The summed E-state index contributed by atoms with van der Waals surface area (Å²) in [5, 5.41) is 12.2. The second kappa shape index (κ2) is 6.56. The molecule has 1 atom stereocenters. The Balaban J connectivity index is 1.94. The Kier molecular flexibility index (Phi) is 5.14. The van der Waals surface area contributed by atoms with Crippen LogP contribution in [0.2, 0.25) is 0 Å². The Morgan fingerprint density at radius 1 is 1.18 bits per heavy atom. The molecular weight excluding hydrogens is 306 g/mol. The predicted molar refractivity (Wildman–Crippen MR) is 82.1 cm³/mol. The van der Waals surface area contributed by atoms with Crippen molar-refractivity contribution in [2.45, 2.75) is 57.4 Å². The number of carbonyl (C=O) groups is 2. The SMILES string of the molecule is CCC1CCC(NC(=O)CC2CCS(=O)(=O)C2)(C(=O)O)CC1. The van der Waals surface area contributed by atoms with Crippen molar-refractivity contribution in [3.8, 4) is 0 Å². The standard InChI is InChI=1S/C15H25NO5S/c1-2-11-3-6-15(7-4-11,14(18)19)16-13(17)9-12-5-8-22(20,21)10-12/h11-12H,2-10H2,1H3,(H,16,17)(H,18,19). The van der Waals surface area contributed by atoms with Gasteiger partial charge < -0.3 is 10.4 Å². The van der Waals surface area contributed by atoms with E-state index in [9.17, 15) is 23.1 Å². The number of carboxylic acids is 1. The van der Waals surface area contributed by atoms with Crippen molar-refractivity contribution in [2.75, 3.05) is 11.5 Å². The van der Waals surface area contributed by atoms with Crippen molar-refractivity contribution in [3.05, 3.63) is 0 Å². The maximum Gasteiger partial charge on any atom is 0.329 e. The maximum atomic E-state index is 12.2. The Morgan fingerprint density at radius 3 is 2.27 bits per heavy atom. The molecule has 0 radical (unpaired) electrons. The number of carboxylic acid groups (broad SMARTS) is 1. The van der Waals surface area contributed by atoms with Crippen molar-refractivity contribution in [3.63, 3.8) is 0 Å². The minimum absolute atomic E-state index is 0.0401. The molecule has 1 saturated heterocycles. The van der Waals surface area contributed by atoms with Gasteiger partial charge in [0.2, 0.25) is 5.91 Å². The summed E-state index contributed by atoms with van der Waals surface area (Å²) in [5.74, 6) is -0.785. The van der Waals surface area contributed by atoms with Crippen molar-refractivity contribution >= 4 is 21.7 Å². The summed E-state index contributed by atoms with van der Waals surface area (Å²) in [6.07, 6.45) is 4.15. The highest BCUT2D eigenvalue weighted by Crippen LogP contribution is 2.34. The summed E-state index contributed by atoms with van der Waals surface area (Å²) >= 11 is 0. The topological polar surface area (TPSA) is 101 Å². The lowest BCUT2D eigenvalue weighted by atomic mass is 9.75. The van der Waals surface area contributed by atoms with Gasteiger partial charge in [-0.3, -0.25) is 4.79 Å². The number of hydrogen-bond donors (Lipinski definition) is 2. The van der Waals surface area contributed by atoms with Crippen LogP contribution < -0.4 is 5.32 Å². The van der Waals surface area contributed by atoms with Crippen LogP contribution in [0.3, 0.4) is 0 Å². The molecule has 0 aromatic rings. The molecule has 1 aliphatic heterocycles. The number of nitrogens with one attached hydrogen (secondary N) is 1.